The first-order valence-electron chi connectivity index (χ1n) is 5.21. The third-order valence-corrected chi connectivity index (χ3v) is 3.09. The Bertz CT molecular complexity index is 626. The van der Waals surface area contributed by atoms with Crippen molar-refractivity contribution in [2.75, 3.05) is 0 Å². The standard InChI is InChI=1S/C14H11NS/c16-13-8-4-7-11-9-12(15-14(11)13)10-5-2-1-3-6-10/h1-9,15-16H. The molecule has 1 nitrogen and oxygen atoms in total. The summed E-state index contributed by atoms with van der Waals surface area (Å²) in [5.41, 5.74) is 3.44. The number of aromatic nitrogens is 1. The SMILES string of the molecule is Sc1cccc2cc(-c3ccccc3)[nH]c12. The van der Waals surface area contributed by atoms with E-state index in [0.29, 0.717) is 0 Å². The number of nitrogens with one attached hydrogen (secondary N) is 1. The zero-order valence-electron chi connectivity index (χ0n) is 8.64. The molecule has 0 amide bonds. The number of aromatic amines is 1. The van der Waals surface area contributed by atoms with E-state index < -0.39 is 0 Å². The van der Waals surface area contributed by atoms with E-state index in [4.69, 9.17) is 0 Å². The van der Waals surface area contributed by atoms with Gasteiger partial charge < -0.3 is 4.98 Å². The molecule has 0 aliphatic heterocycles. The van der Waals surface area contributed by atoms with Crippen LogP contribution in [-0.2, 0) is 0 Å². The Hall–Kier alpha value is -1.67. The molecule has 0 aliphatic rings. The van der Waals surface area contributed by atoms with Gasteiger partial charge in [-0.05, 0) is 17.7 Å². The molecule has 78 valence electrons. The van der Waals surface area contributed by atoms with Gasteiger partial charge in [-0.3, -0.25) is 0 Å². The van der Waals surface area contributed by atoms with Crippen LogP contribution >= 0.6 is 12.6 Å². The summed E-state index contributed by atoms with van der Waals surface area (Å²) < 4.78 is 0. The molecule has 3 rings (SSSR count). The number of hydrogen-bond acceptors (Lipinski definition) is 1. The van der Waals surface area contributed by atoms with Crippen LogP contribution in [0.3, 0.4) is 0 Å². The van der Waals surface area contributed by atoms with Gasteiger partial charge in [0, 0.05) is 16.0 Å². The smallest absolute Gasteiger partial charge is 0.0594 e. The van der Waals surface area contributed by atoms with Gasteiger partial charge in [-0.1, -0.05) is 42.5 Å². The third-order valence-electron chi connectivity index (χ3n) is 2.72. The first-order chi connectivity index (χ1) is 7.84. The van der Waals surface area contributed by atoms with Crippen LogP contribution < -0.4 is 0 Å². The molecule has 0 bridgehead atoms. The molecule has 16 heavy (non-hydrogen) atoms. The van der Waals surface area contributed by atoms with Crippen molar-refractivity contribution in [3.05, 3.63) is 54.6 Å². The highest BCUT2D eigenvalue weighted by Crippen LogP contribution is 2.27. The summed E-state index contributed by atoms with van der Waals surface area (Å²) in [7, 11) is 0. The zero-order valence-corrected chi connectivity index (χ0v) is 9.54. The lowest BCUT2D eigenvalue weighted by atomic mass is 10.1. The van der Waals surface area contributed by atoms with Crippen LogP contribution in [0.2, 0.25) is 0 Å². The van der Waals surface area contributed by atoms with Gasteiger partial charge >= 0.3 is 0 Å². The van der Waals surface area contributed by atoms with Crippen molar-refractivity contribution in [3.8, 4) is 11.3 Å². The van der Waals surface area contributed by atoms with Crippen molar-refractivity contribution in [2.24, 2.45) is 0 Å². The molecule has 0 spiro atoms. The second-order valence-electron chi connectivity index (χ2n) is 3.79. The minimum atomic E-state index is 0.986. The molecular weight excluding hydrogens is 214 g/mol. The fourth-order valence-electron chi connectivity index (χ4n) is 1.91. The monoisotopic (exact) mass is 225 g/mol. The van der Waals surface area contributed by atoms with Crippen molar-refractivity contribution in [1.82, 2.24) is 4.98 Å². The van der Waals surface area contributed by atoms with Crippen LogP contribution in [0.4, 0.5) is 0 Å². The van der Waals surface area contributed by atoms with Gasteiger partial charge in [0.1, 0.15) is 0 Å². The molecule has 1 N–H and O–H groups in total. The van der Waals surface area contributed by atoms with Crippen molar-refractivity contribution in [2.45, 2.75) is 4.90 Å². The van der Waals surface area contributed by atoms with Crippen LogP contribution in [0.15, 0.2) is 59.5 Å². The fraction of sp³-hybridized carbons (Fsp3) is 0. The Morgan fingerprint density at radius 1 is 0.875 bits per heavy atom. The molecule has 0 saturated carbocycles. The minimum absolute atomic E-state index is 0.986. The van der Waals surface area contributed by atoms with E-state index in [2.05, 4.69) is 41.9 Å². The summed E-state index contributed by atoms with van der Waals surface area (Å²) in [6, 6.07) is 18.6. The summed E-state index contributed by atoms with van der Waals surface area (Å²) in [5, 5.41) is 1.20. The van der Waals surface area contributed by atoms with Crippen molar-refractivity contribution in [3.63, 3.8) is 0 Å². The van der Waals surface area contributed by atoms with Crippen LogP contribution in [0.25, 0.3) is 22.2 Å². The number of hydrogen-bond donors (Lipinski definition) is 2. The number of thiol groups is 1. The average molecular weight is 225 g/mol. The second kappa shape index (κ2) is 3.72. The van der Waals surface area contributed by atoms with E-state index in [9.17, 15) is 0 Å². The topological polar surface area (TPSA) is 15.8 Å². The van der Waals surface area contributed by atoms with Gasteiger partial charge in [0.15, 0.2) is 0 Å². The Balaban J connectivity index is 2.23. The number of fused-ring (bicyclic) bond motifs is 1. The molecule has 0 fully saturated rings. The largest absolute Gasteiger partial charge is 0.354 e. The van der Waals surface area contributed by atoms with Crippen LogP contribution in [0.1, 0.15) is 0 Å². The maximum Gasteiger partial charge on any atom is 0.0594 e. The minimum Gasteiger partial charge on any atom is -0.354 e. The zero-order chi connectivity index (χ0) is 11.0. The highest BCUT2D eigenvalue weighted by atomic mass is 32.1. The van der Waals surface area contributed by atoms with Gasteiger partial charge in [-0.15, -0.1) is 12.6 Å². The number of para-hydroxylation sites is 1. The van der Waals surface area contributed by atoms with Gasteiger partial charge in [0.05, 0.1) is 5.52 Å². The number of H-pyrrole nitrogens is 1. The van der Waals surface area contributed by atoms with Gasteiger partial charge in [-0.2, -0.15) is 0 Å². The Kier molecular flexibility index (Phi) is 2.22. The van der Waals surface area contributed by atoms with Crippen LogP contribution in [-0.4, -0.2) is 4.98 Å². The number of rotatable bonds is 1. The van der Waals surface area contributed by atoms with E-state index in [1.54, 1.807) is 0 Å². The van der Waals surface area contributed by atoms with Gasteiger partial charge in [0.2, 0.25) is 0 Å². The first kappa shape index (κ1) is 9.55. The Labute approximate surface area is 99.5 Å². The lowest BCUT2D eigenvalue weighted by molar-refractivity contribution is 1.40. The van der Waals surface area contributed by atoms with E-state index in [1.165, 1.54) is 10.9 Å². The molecule has 0 unspecified atom stereocenters. The summed E-state index contributed by atoms with van der Waals surface area (Å²) in [4.78, 5) is 4.39. The van der Waals surface area contributed by atoms with E-state index in [-0.39, 0.29) is 0 Å². The van der Waals surface area contributed by atoms with Gasteiger partial charge in [0.25, 0.3) is 0 Å². The summed E-state index contributed by atoms with van der Waals surface area (Å²) in [5.74, 6) is 0. The lowest BCUT2D eigenvalue weighted by Gasteiger charge is -1.96. The number of benzene rings is 2. The molecule has 2 heteroatoms. The summed E-state index contributed by atoms with van der Waals surface area (Å²) >= 11 is 4.44. The molecule has 0 radical (unpaired) electrons. The summed E-state index contributed by atoms with van der Waals surface area (Å²) in [6.07, 6.45) is 0. The molecule has 3 aromatic rings. The highest BCUT2D eigenvalue weighted by Gasteiger charge is 2.04. The predicted molar refractivity (Wildman–Crippen MR) is 71.0 cm³/mol. The molecule has 0 saturated heterocycles. The fourth-order valence-corrected chi connectivity index (χ4v) is 2.18. The van der Waals surface area contributed by atoms with Crippen LogP contribution in [0, 0.1) is 0 Å². The molecule has 0 atom stereocenters. The molecular formula is C14H11NS. The lowest BCUT2D eigenvalue weighted by Crippen LogP contribution is -1.75. The molecule has 1 aromatic heterocycles. The van der Waals surface area contributed by atoms with Crippen molar-refractivity contribution >= 4 is 23.5 Å². The molecule has 1 heterocycles. The maximum atomic E-state index is 4.44. The Morgan fingerprint density at radius 2 is 1.69 bits per heavy atom. The molecule has 2 aromatic carbocycles. The Morgan fingerprint density at radius 3 is 2.44 bits per heavy atom. The second-order valence-corrected chi connectivity index (χ2v) is 4.27. The quantitative estimate of drug-likeness (QED) is 0.579. The average Bonchev–Trinajstić information content (AvgIpc) is 2.76. The maximum absolute atomic E-state index is 4.44. The van der Waals surface area contributed by atoms with E-state index >= 15 is 0 Å². The summed E-state index contributed by atoms with van der Waals surface area (Å²) in [6.45, 7) is 0. The van der Waals surface area contributed by atoms with E-state index in [0.717, 1.165) is 16.1 Å². The predicted octanol–water partition coefficient (Wildman–Crippen LogP) is 4.12. The van der Waals surface area contributed by atoms with Crippen molar-refractivity contribution < 1.29 is 0 Å². The normalized spacial score (nSPS) is 10.8. The molecule has 0 aliphatic carbocycles. The van der Waals surface area contributed by atoms with E-state index in [1.807, 2.05) is 30.3 Å². The third kappa shape index (κ3) is 1.51. The van der Waals surface area contributed by atoms with Crippen LogP contribution in [0.5, 0.6) is 0 Å². The van der Waals surface area contributed by atoms with Crippen molar-refractivity contribution in [1.29, 1.82) is 0 Å². The highest BCUT2D eigenvalue weighted by molar-refractivity contribution is 7.80. The first-order valence-corrected chi connectivity index (χ1v) is 5.65. The van der Waals surface area contributed by atoms with Gasteiger partial charge in [-0.25, -0.2) is 0 Å².